The average molecular weight is 336 g/mol. The summed E-state index contributed by atoms with van der Waals surface area (Å²) in [6, 6.07) is 13.2. The van der Waals surface area contributed by atoms with Gasteiger partial charge in [0, 0.05) is 12.2 Å². The molecule has 0 aliphatic rings. The predicted octanol–water partition coefficient (Wildman–Crippen LogP) is 4.28. The van der Waals surface area contributed by atoms with E-state index in [1.165, 1.54) is 6.08 Å². The Hall–Kier alpha value is -3.08. The van der Waals surface area contributed by atoms with Gasteiger partial charge in [-0.3, -0.25) is 9.48 Å². The molecule has 25 heavy (non-hydrogen) atoms. The van der Waals surface area contributed by atoms with Gasteiger partial charge in [0.25, 0.3) is 0 Å². The van der Waals surface area contributed by atoms with Gasteiger partial charge in [0.1, 0.15) is 23.9 Å². The highest BCUT2D eigenvalue weighted by Crippen LogP contribution is 2.15. The highest BCUT2D eigenvalue weighted by molar-refractivity contribution is 6.07. The second-order valence-electron chi connectivity index (χ2n) is 5.56. The minimum Gasteiger partial charge on any atom is -0.486 e. The number of aromatic nitrogens is 2. The number of carbonyl (C=O) groups excluding carboxylic acids is 1. The number of rotatable bonds is 7. The van der Waals surface area contributed by atoms with Gasteiger partial charge >= 0.3 is 0 Å². The lowest BCUT2D eigenvalue weighted by molar-refractivity contribution is 0.104. The van der Waals surface area contributed by atoms with Gasteiger partial charge in [-0.1, -0.05) is 18.2 Å². The van der Waals surface area contributed by atoms with Crippen LogP contribution in [0.15, 0.2) is 59.2 Å². The molecule has 3 aromatic rings. The lowest BCUT2D eigenvalue weighted by Crippen LogP contribution is -2.01. The van der Waals surface area contributed by atoms with Gasteiger partial charge in [-0.05, 0) is 50.3 Å². The third-order valence-corrected chi connectivity index (χ3v) is 3.87. The van der Waals surface area contributed by atoms with Crippen molar-refractivity contribution in [3.8, 4) is 5.75 Å². The molecule has 0 N–H and O–H groups in total. The molecule has 0 saturated carbocycles. The van der Waals surface area contributed by atoms with Crippen LogP contribution in [-0.4, -0.2) is 15.6 Å². The van der Waals surface area contributed by atoms with E-state index in [4.69, 9.17) is 9.15 Å². The van der Waals surface area contributed by atoms with Crippen molar-refractivity contribution in [1.82, 2.24) is 9.78 Å². The van der Waals surface area contributed by atoms with Crippen LogP contribution in [0.5, 0.6) is 5.75 Å². The van der Waals surface area contributed by atoms with Gasteiger partial charge < -0.3 is 9.15 Å². The van der Waals surface area contributed by atoms with Crippen LogP contribution in [0.25, 0.3) is 6.08 Å². The Bertz CT molecular complexity index is 875. The molecule has 5 nitrogen and oxygen atoms in total. The van der Waals surface area contributed by atoms with Crippen molar-refractivity contribution in [2.75, 3.05) is 0 Å². The Kier molecular flexibility index (Phi) is 5.14. The van der Waals surface area contributed by atoms with Crippen molar-refractivity contribution >= 4 is 11.9 Å². The Labute approximate surface area is 146 Å². The zero-order chi connectivity index (χ0) is 17.6. The fourth-order valence-corrected chi connectivity index (χ4v) is 2.49. The lowest BCUT2D eigenvalue weighted by atomic mass is 10.1. The molecule has 0 fully saturated rings. The monoisotopic (exact) mass is 336 g/mol. The van der Waals surface area contributed by atoms with E-state index in [-0.39, 0.29) is 5.78 Å². The van der Waals surface area contributed by atoms with Crippen LogP contribution in [0.1, 0.15) is 34.5 Å². The van der Waals surface area contributed by atoms with E-state index in [0.717, 1.165) is 18.0 Å². The molecule has 5 heteroatoms. The van der Waals surface area contributed by atoms with Crippen molar-refractivity contribution < 1.29 is 13.9 Å². The number of nitrogens with zero attached hydrogens (tertiary/aromatic N) is 2. The molecule has 128 valence electrons. The molecule has 0 radical (unpaired) electrons. The number of ketones is 1. The number of aryl methyl sites for hydroxylation is 1. The molecule has 0 unspecified atom stereocenters. The summed E-state index contributed by atoms with van der Waals surface area (Å²) in [6.45, 7) is 4.97. The van der Waals surface area contributed by atoms with Gasteiger partial charge in [-0.15, -0.1) is 0 Å². The first-order chi connectivity index (χ1) is 12.2. The predicted molar refractivity (Wildman–Crippen MR) is 95.5 cm³/mol. The van der Waals surface area contributed by atoms with Gasteiger partial charge in [-0.2, -0.15) is 5.10 Å². The third-order valence-electron chi connectivity index (χ3n) is 3.87. The molecule has 0 aliphatic carbocycles. The standard InChI is InChI=1S/C20H20N2O3/c1-3-22-15(2)19(13-21-22)20(23)12-11-17-9-10-18(25-17)14-24-16-7-5-4-6-8-16/h4-13H,3,14H2,1-2H3/b12-11+. The van der Waals surface area contributed by atoms with E-state index in [0.29, 0.717) is 23.7 Å². The van der Waals surface area contributed by atoms with E-state index in [9.17, 15) is 4.79 Å². The maximum absolute atomic E-state index is 12.3. The quantitative estimate of drug-likeness (QED) is 0.477. The normalized spacial score (nSPS) is 11.1. The summed E-state index contributed by atoms with van der Waals surface area (Å²) < 4.78 is 13.1. The van der Waals surface area contributed by atoms with Gasteiger partial charge in [0.05, 0.1) is 11.8 Å². The summed E-state index contributed by atoms with van der Waals surface area (Å²) in [5, 5.41) is 4.19. The molecule has 0 bridgehead atoms. The van der Waals surface area contributed by atoms with E-state index < -0.39 is 0 Å². The summed E-state index contributed by atoms with van der Waals surface area (Å²) in [5.41, 5.74) is 1.48. The van der Waals surface area contributed by atoms with Crippen molar-refractivity contribution in [1.29, 1.82) is 0 Å². The largest absolute Gasteiger partial charge is 0.486 e. The van der Waals surface area contributed by atoms with E-state index in [1.54, 1.807) is 17.0 Å². The number of hydrogen-bond acceptors (Lipinski definition) is 4. The van der Waals surface area contributed by atoms with Crippen LogP contribution >= 0.6 is 0 Å². The summed E-state index contributed by atoms with van der Waals surface area (Å²) >= 11 is 0. The second kappa shape index (κ2) is 7.66. The minimum atomic E-state index is -0.0873. The van der Waals surface area contributed by atoms with Crippen LogP contribution in [0, 0.1) is 6.92 Å². The summed E-state index contributed by atoms with van der Waals surface area (Å²) in [6.07, 6.45) is 4.77. The molecule has 0 spiro atoms. The van der Waals surface area contributed by atoms with Crippen molar-refractivity contribution in [2.45, 2.75) is 27.0 Å². The average Bonchev–Trinajstić information content (AvgIpc) is 3.25. The second-order valence-corrected chi connectivity index (χ2v) is 5.56. The van der Waals surface area contributed by atoms with E-state index in [2.05, 4.69) is 5.10 Å². The highest BCUT2D eigenvalue weighted by atomic mass is 16.5. The van der Waals surface area contributed by atoms with Gasteiger partial charge in [-0.25, -0.2) is 0 Å². The fourth-order valence-electron chi connectivity index (χ4n) is 2.49. The molecule has 2 aromatic heterocycles. The topological polar surface area (TPSA) is 57.3 Å². The first kappa shape index (κ1) is 16.8. The SMILES string of the molecule is CCn1ncc(C(=O)/C=C/c2ccc(COc3ccccc3)o2)c1C. The molecule has 1 aromatic carbocycles. The molecule has 0 aliphatic heterocycles. The molecule has 2 heterocycles. The smallest absolute Gasteiger partial charge is 0.189 e. The summed E-state index contributed by atoms with van der Waals surface area (Å²) in [5.74, 6) is 2.01. The van der Waals surface area contributed by atoms with Crippen molar-refractivity contribution in [2.24, 2.45) is 0 Å². The van der Waals surface area contributed by atoms with Crippen LogP contribution in [-0.2, 0) is 13.2 Å². The van der Waals surface area contributed by atoms with Crippen LogP contribution in [0.3, 0.4) is 0 Å². The van der Waals surface area contributed by atoms with Crippen LogP contribution in [0.4, 0.5) is 0 Å². The Morgan fingerprint density at radius 3 is 2.76 bits per heavy atom. The van der Waals surface area contributed by atoms with E-state index >= 15 is 0 Å². The highest BCUT2D eigenvalue weighted by Gasteiger charge is 2.11. The van der Waals surface area contributed by atoms with Crippen LogP contribution in [0.2, 0.25) is 0 Å². The Morgan fingerprint density at radius 2 is 2.04 bits per heavy atom. The Morgan fingerprint density at radius 1 is 1.24 bits per heavy atom. The Balaban J connectivity index is 1.61. The first-order valence-electron chi connectivity index (χ1n) is 8.18. The molecule has 0 saturated heterocycles. The molecule has 0 amide bonds. The third kappa shape index (κ3) is 4.07. The number of ether oxygens (including phenoxy) is 1. The van der Waals surface area contributed by atoms with E-state index in [1.807, 2.05) is 56.3 Å². The van der Waals surface area contributed by atoms with Crippen molar-refractivity contribution in [3.05, 3.63) is 77.5 Å². The maximum atomic E-state index is 12.3. The summed E-state index contributed by atoms with van der Waals surface area (Å²) in [7, 11) is 0. The number of allylic oxidation sites excluding steroid dienone is 1. The molecular formula is C20H20N2O3. The lowest BCUT2D eigenvalue weighted by Gasteiger charge is -2.02. The maximum Gasteiger partial charge on any atom is 0.189 e. The number of benzene rings is 1. The number of carbonyl (C=O) groups is 1. The number of hydrogen-bond donors (Lipinski definition) is 0. The zero-order valence-corrected chi connectivity index (χ0v) is 14.3. The zero-order valence-electron chi connectivity index (χ0n) is 14.3. The van der Waals surface area contributed by atoms with Gasteiger partial charge in [0.2, 0.25) is 0 Å². The van der Waals surface area contributed by atoms with Crippen molar-refractivity contribution in [3.63, 3.8) is 0 Å². The fraction of sp³-hybridized carbons (Fsp3) is 0.200. The summed E-state index contributed by atoms with van der Waals surface area (Å²) in [4.78, 5) is 12.3. The minimum absolute atomic E-state index is 0.0873. The number of furan rings is 1. The van der Waals surface area contributed by atoms with Crippen LogP contribution < -0.4 is 4.74 Å². The molecular weight excluding hydrogens is 316 g/mol. The molecule has 3 rings (SSSR count). The van der Waals surface area contributed by atoms with Gasteiger partial charge in [0.15, 0.2) is 5.78 Å². The number of para-hydroxylation sites is 1. The molecule has 0 atom stereocenters. The first-order valence-corrected chi connectivity index (χ1v) is 8.18.